The summed E-state index contributed by atoms with van der Waals surface area (Å²) in [6.45, 7) is 3.99. The van der Waals surface area contributed by atoms with E-state index in [4.69, 9.17) is 9.47 Å². The summed E-state index contributed by atoms with van der Waals surface area (Å²) in [5.74, 6) is 0.886. The van der Waals surface area contributed by atoms with E-state index in [1.54, 1.807) is 0 Å². The predicted molar refractivity (Wildman–Crippen MR) is 171 cm³/mol. The van der Waals surface area contributed by atoms with E-state index >= 15 is 0 Å². The van der Waals surface area contributed by atoms with Crippen molar-refractivity contribution in [2.24, 2.45) is 0 Å². The molecule has 2 unspecified atom stereocenters. The second-order valence-electron chi connectivity index (χ2n) is 10.9. The van der Waals surface area contributed by atoms with Crippen molar-refractivity contribution < 1.29 is 18.6 Å². The van der Waals surface area contributed by atoms with Gasteiger partial charge < -0.3 is 9.47 Å². The van der Waals surface area contributed by atoms with Crippen LogP contribution in [0.5, 0.6) is 11.5 Å². The quantitative estimate of drug-likeness (QED) is 0.183. The van der Waals surface area contributed by atoms with Crippen LogP contribution in [0.15, 0.2) is 133 Å². The first-order chi connectivity index (χ1) is 21.0. The molecule has 43 heavy (non-hydrogen) atoms. The molecule has 6 aromatic rings. The second kappa shape index (κ2) is 10.9. The Hall–Kier alpha value is -4.70. The van der Waals surface area contributed by atoms with Crippen LogP contribution in [0.3, 0.4) is 0 Å². The topological polar surface area (TPSA) is 55.8 Å². The molecule has 0 saturated heterocycles. The molecule has 0 aromatic heterocycles. The lowest BCUT2D eigenvalue weighted by atomic mass is 9.92. The van der Waals surface area contributed by atoms with E-state index in [0.29, 0.717) is 11.5 Å². The average Bonchev–Trinajstić information content (AvgIpc) is 3.21. The molecule has 0 amide bonds. The van der Waals surface area contributed by atoms with Gasteiger partial charge in [0.25, 0.3) is 0 Å². The normalized spacial score (nSPS) is 15.0. The van der Waals surface area contributed by atoms with Crippen molar-refractivity contribution in [1.29, 1.82) is 0 Å². The number of hydrogen-bond donors (Lipinski definition) is 0. The van der Waals surface area contributed by atoms with Crippen molar-refractivity contribution in [2.75, 3.05) is 0 Å². The Morgan fingerprint density at radius 3 is 1.35 bits per heavy atom. The molecular formula is C37H30NO4P. The minimum absolute atomic E-state index is 0.407. The van der Waals surface area contributed by atoms with Crippen LogP contribution in [0.25, 0.3) is 32.7 Å². The highest BCUT2D eigenvalue weighted by atomic mass is 31.1. The van der Waals surface area contributed by atoms with Crippen molar-refractivity contribution in [3.8, 4) is 22.6 Å². The largest absolute Gasteiger partial charge is 0.433 e. The summed E-state index contributed by atoms with van der Waals surface area (Å²) in [6, 6.07) is 42.8. The highest BCUT2D eigenvalue weighted by molar-refractivity contribution is 7.32. The molecule has 5 nitrogen and oxygen atoms in total. The molecule has 0 saturated carbocycles. The summed E-state index contributed by atoms with van der Waals surface area (Å²) in [6.07, 6.45) is 0. The predicted octanol–water partition coefficient (Wildman–Crippen LogP) is 10.0. The van der Waals surface area contributed by atoms with E-state index < -0.39 is 25.4 Å². The Balaban J connectivity index is 1.55. The fraction of sp³-hybridized carbons (Fsp3) is 0.135. The fourth-order valence-electron chi connectivity index (χ4n) is 6.38. The molecule has 212 valence electrons. The zero-order valence-corrected chi connectivity index (χ0v) is 24.8. The third kappa shape index (κ3) is 4.53. The third-order valence-electron chi connectivity index (χ3n) is 8.47. The first kappa shape index (κ1) is 27.2. The number of fused-ring (bicyclic) bond motifs is 7. The van der Waals surface area contributed by atoms with Gasteiger partial charge in [0.05, 0.1) is 0 Å². The smallest absolute Gasteiger partial charge is 0.428 e. The van der Waals surface area contributed by atoms with Crippen LogP contribution < -0.4 is 9.47 Å². The van der Waals surface area contributed by atoms with Gasteiger partial charge in [0.1, 0.15) is 11.5 Å². The molecule has 0 N–H and O–H groups in total. The highest BCUT2D eigenvalue weighted by Crippen LogP contribution is 2.55. The van der Waals surface area contributed by atoms with Gasteiger partial charge in [0.15, 0.2) is 0 Å². The van der Waals surface area contributed by atoms with Gasteiger partial charge in [-0.3, -0.25) is 0 Å². The molecule has 1 aliphatic rings. The van der Waals surface area contributed by atoms with Crippen LogP contribution in [0, 0.1) is 0 Å². The van der Waals surface area contributed by atoms with Crippen molar-refractivity contribution in [2.45, 2.75) is 31.6 Å². The number of rotatable bonds is 6. The van der Waals surface area contributed by atoms with E-state index in [1.807, 2.05) is 140 Å². The Morgan fingerprint density at radius 1 is 0.535 bits per heavy atom. The summed E-state index contributed by atoms with van der Waals surface area (Å²) in [4.78, 5) is 1.84. The fourth-order valence-corrected chi connectivity index (χ4v) is 7.26. The molecule has 0 radical (unpaired) electrons. The minimum Gasteiger partial charge on any atom is -0.428 e. The summed E-state index contributed by atoms with van der Waals surface area (Å²) in [5, 5.41) is 3.96. The molecule has 0 spiro atoms. The van der Waals surface area contributed by atoms with Crippen molar-refractivity contribution >= 4 is 29.2 Å². The number of hydrogen-bond acceptors (Lipinski definition) is 5. The Kier molecular flexibility index (Phi) is 6.85. The van der Waals surface area contributed by atoms with E-state index in [1.165, 1.54) is 0 Å². The lowest BCUT2D eigenvalue weighted by molar-refractivity contribution is -0.186. The van der Waals surface area contributed by atoms with Crippen LogP contribution >= 0.6 is 7.68 Å². The molecule has 1 heterocycles. The number of ether oxygens (including phenoxy) is 2. The van der Waals surface area contributed by atoms with Crippen LogP contribution in [0.2, 0.25) is 0 Å². The lowest BCUT2D eigenvalue weighted by Crippen LogP contribution is -2.55. The Bertz CT molecular complexity index is 1880. The van der Waals surface area contributed by atoms with E-state index in [0.717, 1.165) is 43.8 Å². The van der Waals surface area contributed by atoms with E-state index in [-0.39, 0.29) is 0 Å². The Labute approximate surface area is 251 Å². The van der Waals surface area contributed by atoms with Gasteiger partial charge in [0.2, 0.25) is 0 Å². The van der Waals surface area contributed by atoms with Gasteiger partial charge in [-0.2, -0.15) is 0 Å². The van der Waals surface area contributed by atoms with Crippen LogP contribution in [0.1, 0.15) is 37.1 Å². The molecule has 7 rings (SSSR count). The maximum Gasteiger partial charge on any atom is 0.433 e. The van der Waals surface area contributed by atoms with Crippen molar-refractivity contribution in [3.05, 3.63) is 145 Å². The van der Waals surface area contributed by atoms with Gasteiger partial charge >= 0.3 is 13.3 Å². The van der Waals surface area contributed by atoms with E-state index in [2.05, 4.69) is 12.1 Å². The molecule has 0 aliphatic carbocycles. The monoisotopic (exact) mass is 583 g/mol. The van der Waals surface area contributed by atoms with Crippen LogP contribution in [-0.2, 0) is 9.13 Å². The molecule has 0 fully saturated rings. The molecule has 0 bridgehead atoms. The van der Waals surface area contributed by atoms with Gasteiger partial charge in [-0.1, -0.05) is 121 Å². The Morgan fingerprint density at radius 2 is 0.930 bits per heavy atom. The summed E-state index contributed by atoms with van der Waals surface area (Å²) in [5.41, 5.74) is 1.32. The molecule has 1 aliphatic heterocycles. The second-order valence-corrected chi connectivity index (χ2v) is 12.0. The third-order valence-corrected chi connectivity index (χ3v) is 9.35. The van der Waals surface area contributed by atoms with Gasteiger partial charge in [0, 0.05) is 23.2 Å². The zero-order chi connectivity index (χ0) is 29.6. The molecule has 2 atom stereocenters. The van der Waals surface area contributed by atoms with Gasteiger partial charge in [-0.15, -0.1) is 0 Å². The lowest BCUT2D eigenvalue weighted by Gasteiger charge is -2.43. The van der Waals surface area contributed by atoms with Gasteiger partial charge in [-0.25, -0.2) is 14.0 Å². The summed E-state index contributed by atoms with van der Waals surface area (Å²) < 4.78 is 41.3. The first-order valence-electron chi connectivity index (χ1n) is 14.4. The molecular weight excluding hydrogens is 553 g/mol. The van der Waals surface area contributed by atoms with Crippen LogP contribution in [-0.4, -0.2) is 10.6 Å². The molecule has 6 aromatic carbocycles. The maximum absolute atomic E-state index is 13.8. The highest BCUT2D eigenvalue weighted by Gasteiger charge is 2.55. The SMILES string of the molecule is CC(c1ccccc1)N(C(C)c1ccccc1)C1(P(=O)=O)Oc2ccc3ccccc3c2-c2c(ccc3ccccc23)O1. The van der Waals surface area contributed by atoms with Crippen molar-refractivity contribution in [3.63, 3.8) is 0 Å². The first-order valence-corrected chi connectivity index (χ1v) is 15.6. The maximum atomic E-state index is 13.8. The average molecular weight is 584 g/mol. The molecule has 6 heteroatoms. The number of nitrogens with zero attached hydrogens (tertiary/aromatic N) is 1. The van der Waals surface area contributed by atoms with E-state index in [9.17, 15) is 9.13 Å². The zero-order valence-electron chi connectivity index (χ0n) is 23.9. The van der Waals surface area contributed by atoms with Crippen molar-refractivity contribution in [1.82, 2.24) is 4.90 Å². The van der Waals surface area contributed by atoms with Gasteiger partial charge in [-0.05, 0) is 58.7 Å². The summed E-state index contributed by atoms with van der Waals surface area (Å²) >= 11 is 0. The van der Waals surface area contributed by atoms with Crippen LogP contribution in [0.4, 0.5) is 0 Å². The number of benzene rings is 6. The summed E-state index contributed by atoms with van der Waals surface area (Å²) in [7, 11) is -3.36. The minimum atomic E-state index is -3.36. The standard InChI is InChI=1S/C37H30NO4P/c1-25(27-13-5-3-6-14-27)38(26(2)28-15-7-4-8-16-28)37(43(39)40)41-33-23-21-29-17-9-11-19-31(29)35(33)36-32-20-12-10-18-30(32)22-24-34(36)42-37/h3-26H,1-2H3.